The maximum atomic E-state index is 14.1. The summed E-state index contributed by atoms with van der Waals surface area (Å²) >= 11 is 0. The fraction of sp³-hybridized carbons (Fsp3) is 0.375. The van der Waals surface area contributed by atoms with Crippen molar-refractivity contribution in [3.8, 4) is 0 Å². The van der Waals surface area contributed by atoms with Gasteiger partial charge in [0, 0.05) is 12.1 Å². The number of sulfonamides is 1. The quantitative estimate of drug-likeness (QED) is 0.335. The second-order valence-corrected chi connectivity index (χ2v) is 12.9. The minimum Gasteiger partial charge on any atom is -0.350 e. The molecule has 7 nitrogen and oxygen atoms in total. The van der Waals surface area contributed by atoms with Gasteiger partial charge in [-0.2, -0.15) is 0 Å². The number of aryl methyl sites for hydroxylation is 2. The van der Waals surface area contributed by atoms with E-state index in [2.05, 4.69) is 5.32 Å². The van der Waals surface area contributed by atoms with E-state index in [-0.39, 0.29) is 17.3 Å². The zero-order valence-corrected chi connectivity index (χ0v) is 25.2. The highest BCUT2D eigenvalue weighted by molar-refractivity contribution is 7.92. The van der Waals surface area contributed by atoms with Gasteiger partial charge in [-0.3, -0.25) is 13.9 Å². The fourth-order valence-electron chi connectivity index (χ4n) is 4.53. The van der Waals surface area contributed by atoms with Crippen molar-refractivity contribution >= 4 is 27.5 Å². The Bertz CT molecular complexity index is 1400. The molecule has 2 amide bonds. The van der Waals surface area contributed by atoms with Gasteiger partial charge in [0.1, 0.15) is 12.6 Å². The summed E-state index contributed by atoms with van der Waals surface area (Å²) in [7, 11) is -4.08. The van der Waals surface area contributed by atoms with Crippen LogP contribution < -0.4 is 9.62 Å². The first kappa shape index (κ1) is 30.9. The van der Waals surface area contributed by atoms with E-state index in [9.17, 15) is 18.0 Å². The number of hydrogen-bond donors (Lipinski definition) is 1. The third-order valence-electron chi connectivity index (χ3n) is 6.56. The Hall–Kier alpha value is -3.65. The molecule has 0 spiro atoms. The molecule has 0 saturated heterocycles. The highest BCUT2D eigenvalue weighted by Gasteiger charge is 2.34. The van der Waals surface area contributed by atoms with Crippen molar-refractivity contribution in [1.29, 1.82) is 0 Å². The Kier molecular flexibility index (Phi) is 10.1. The third kappa shape index (κ3) is 7.94. The van der Waals surface area contributed by atoms with Gasteiger partial charge in [0.05, 0.1) is 10.6 Å². The normalized spacial score (nSPS) is 12.4. The highest BCUT2D eigenvalue weighted by atomic mass is 32.2. The SMILES string of the molecule is CCc1ccc(N(CC(=O)N(Cc2cccc(C)c2)C(CC)C(=O)NC(C)(C)C)S(=O)(=O)c2ccccc2)cc1. The number of benzene rings is 3. The molecule has 8 heteroatoms. The van der Waals surface area contributed by atoms with E-state index in [1.165, 1.54) is 17.0 Å². The van der Waals surface area contributed by atoms with E-state index in [0.717, 1.165) is 27.4 Å². The third-order valence-corrected chi connectivity index (χ3v) is 8.35. The molecule has 0 fully saturated rings. The average Bonchev–Trinajstić information content (AvgIpc) is 2.91. The topological polar surface area (TPSA) is 86.8 Å². The van der Waals surface area contributed by atoms with Crippen LogP contribution in [0.15, 0.2) is 83.8 Å². The van der Waals surface area contributed by atoms with Crippen LogP contribution in [0.4, 0.5) is 5.69 Å². The number of hydrogen-bond acceptors (Lipinski definition) is 4. The lowest BCUT2D eigenvalue weighted by Gasteiger charge is -2.35. The van der Waals surface area contributed by atoms with Gasteiger partial charge in [0.15, 0.2) is 0 Å². The largest absolute Gasteiger partial charge is 0.350 e. The number of amides is 2. The Morgan fingerprint density at radius 2 is 1.52 bits per heavy atom. The summed E-state index contributed by atoms with van der Waals surface area (Å²) in [5.41, 5.74) is 2.84. The van der Waals surface area contributed by atoms with Crippen LogP contribution in [0.5, 0.6) is 0 Å². The minimum absolute atomic E-state index is 0.0881. The number of rotatable bonds is 11. The number of nitrogens with one attached hydrogen (secondary N) is 1. The van der Waals surface area contributed by atoms with Crippen LogP contribution in [0.1, 0.15) is 57.7 Å². The van der Waals surface area contributed by atoms with Crippen molar-refractivity contribution in [1.82, 2.24) is 10.2 Å². The van der Waals surface area contributed by atoms with E-state index in [4.69, 9.17) is 0 Å². The molecule has 0 saturated carbocycles. The molecule has 0 bridgehead atoms. The first-order valence-corrected chi connectivity index (χ1v) is 15.1. The Balaban J connectivity index is 2.06. The summed E-state index contributed by atoms with van der Waals surface area (Å²) in [4.78, 5) is 29.1. The molecule has 214 valence electrons. The second kappa shape index (κ2) is 13.1. The van der Waals surface area contributed by atoms with Gasteiger partial charge in [0.2, 0.25) is 11.8 Å². The lowest BCUT2D eigenvalue weighted by atomic mass is 10.0. The Labute approximate surface area is 239 Å². The van der Waals surface area contributed by atoms with E-state index in [1.54, 1.807) is 30.3 Å². The van der Waals surface area contributed by atoms with Crippen LogP contribution in [0.25, 0.3) is 0 Å². The summed E-state index contributed by atoms with van der Waals surface area (Å²) in [6, 6.07) is 22.2. The van der Waals surface area contributed by atoms with Crippen molar-refractivity contribution in [3.63, 3.8) is 0 Å². The molecule has 0 aliphatic rings. The van der Waals surface area contributed by atoms with Crippen molar-refractivity contribution in [2.24, 2.45) is 0 Å². The van der Waals surface area contributed by atoms with E-state index < -0.39 is 34.1 Å². The summed E-state index contributed by atoms with van der Waals surface area (Å²) in [6.45, 7) is 11.2. The molecule has 3 aromatic carbocycles. The van der Waals surface area contributed by atoms with Gasteiger partial charge < -0.3 is 10.2 Å². The highest BCUT2D eigenvalue weighted by Crippen LogP contribution is 2.25. The molecule has 0 radical (unpaired) electrons. The molecule has 1 unspecified atom stereocenters. The van der Waals surface area contributed by atoms with Gasteiger partial charge in [-0.1, -0.05) is 74.0 Å². The molecule has 0 aromatic heterocycles. The first-order chi connectivity index (χ1) is 18.9. The summed E-state index contributed by atoms with van der Waals surface area (Å²) in [5, 5.41) is 2.99. The number of carbonyl (C=O) groups is 2. The summed E-state index contributed by atoms with van der Waals surface area (Å²) in [6.07, 6.45) is 1.17. The van der Waals surface area contributed by atoms with Crippen LogP contribution in [-0.2, 0) is 32.6 Å². The predicted molar refractivity (Wildman–Crippen MR) is 160 cm³/mol. The smallest absolute Gasteiger partial charge is 0.264 e. The van der Waals surface area contributed by atoms with Crippen molar-refractivity contribution in [3.05, 3.63) is 95.6 Å². The van der Waals surface area contributed by atoms with Crippen molar-refractivity contribution in [2.75, 3.05) is 10.8 Å². The fourth-order valence-corrected chi connectivity index (χ4v) is 5.96. The van der Waals surface area contributed by atoms with E-state index in [1.807, 2.05) is 77.9 Å². The van der Waals surface area contributed by atoms with Gasteiger partial charge in [-0.25, -0.2) is 8.42 Å². The summed E-state index contributed by atoms with van der Waals surface area (Å²) < 4.78 is 28.9. The maximum Gasteiger partial charge on any atom is 0.264 e. The molecular formula is C32H41N3O4S. The Morgan fingerprint density at radius 1 is 0.875 bits per heavy atom. The molecule has 3 rings (SSSR count). The Morgan fingerprint density at radius 3 is 2.08 bits per heavy atom. The molecular weight excluding hydrogens is 522 g/mol. The van der Waals surface area contributed by atoms with Gasteiger partial charge in [0.25, 0.3) is 10.0 Å². The van der Waals surface area contributed by atoms with Crippen LogP contribution >= 0.6 is 0 Å². The van der Waals surface area contributed by atoms with E-state index in [0.29, 0.717) is 12.1 Å². The average molecular weight is 564 g/mol. The molecule has 40 heavy (non-hydrogen) atoms. The van der Waals surface area contributed by atoms with Gasteiger partial charge in [-0.15, -0.1) is 0 Å². The molecule has 1 atom stereocenters. The predicted octanol–water partition coefficient (Wildman–Crippen LogP) is 5.47. The van der Waals surface area contributed by atoms with Crippen molar-refractivity contribution in [2.45, 2.75) is 77.4 Å². The number of carbonyl (C=O) groups excluding carboxylic acids is 2. The zero-order chi connectivity index (χ0) is 29.5. The minimum atomic E-state index is -4.08. The van der Waals surface area contributed by atoms with Crippen LogP contribution in [-0.4, -0.2) is 43.3 Å². The van der Waals surface area contributed by atoms with Crippen LogP contribution in [0, 0.1) is 6.92 Å². The number of nitrogens with zero attached hydrogens (tertiary/aromatic N) is 2. The van der Waals surface area contributed by atoms with Crippen molar-refractivity contribution < 1.29 is 18.0 Å². The van der Waals surface area contributed by atoms with Crippen LogP contribution in [0.2, 0.25) is 0 Å². The molecule has 0 aliphatic carbocycles. The first-order valence-electron chi connectivity index (χ1n) is 13.7. The van der Waals surface area contributed by atoms with E-state index >= 15 is 0 Å². The summed E-state index contributed by atoms with van der Waals surface area (Å²) in [5.74, 6) is -0.739. The molecule has 0 heterocycles. The molecule has 0 aliphatic heterocycles. The maximum absolute atomic E-state index is 14.1. The lowest BCUT2D eigenvalue weighted by Crippen LogP contribution is -2.55. The van der Waals surface area contributed by atoms with Gasteiger partial charge in [-0.05, 0) is 75.9 Å². The zero-order valence-electron chi connectivity index (χ0n) is 24.3. The molecule has 3 aromatic rings. The number of anilines is 1. The molecule has 1 N–H and O–H groups in total. The monoisotopic (exact) mass is 563 g/mol. The van der Waals surface area contributed by atoms with Crippen LogP contribution in [0.3, 0.4) is 0 Å². The van der Waals surface area contributed by atoms with Gasteiger partial charge >= 0.3 is 0 Å². The lowest BCUT2D eigenvalue weighted by molar-refractivity contribution is -0.141. The second-order valence-electron chi connectivity index (χ2n) is 11.0. The standard InChI is InChI=1S/C32H41N3O4S/c1-7-25-17-19-27(20-18-25)35(40(38,39)28-15-10-9-11-16-28)23-30(36)34(22-26-14-12-13-24(3)21-26)29(8-2)31(37)33-32(4,5)6/h9-21,29H,7-8,22-23H2,1-6H3,(H,33,37).